The summed E-state index contributed by atoms with van der Waals surface area (Å²) in [4.78, 5) is 25.2. The van der Waals surface area contributed by atoms with Crippen molar-refractivity contribution in [3.05, 3.63) is 65.0 Å². The predicted octanol–water partition coefficient (Wildman–Crippen LogP) is 4.14. The van der Waals surface area contributed by atoms with Gasteiger partial charge in [-0.25, -0.2) is 4.79 Å². The monoisotopic (exact) mass is 381 g/mol. The molecule has 136 valence electrons. The zero-order valence-corrected chi connectivity index (χ0v) is 14.9. The molecule has 0 unspecified atom stereocenters. The van der Waals surface area contributed by atoms with Gasteiger partial charge in [0.25, 0.3) is 5.91 Å². The molecule has 7 heteroatoms. The maximum Gasteiger partial charge on any atom is 0.337 e. The third kappa shape index (κ3) is 3.50. The van der Waals surface area contributed by atoms with E-state index in [-0.39, 0.29) is 17.2 Å². The summed E-state index contributed by atoms with van der Waals surface area (Å²) in [6.07, 6.45) is 0. The van der Waals surface area contributed by atoms with Gasteiger partial charge in [0.15, 0.2) is 11.5 Å². The lowest BCUT2D eigenvalue weighted by molar-refractivity contribution is 0.0698. The summed E-state index contributed by atoms with van der Waals surface area (Å²) in [5.74, 6) is -0.0372. The second-order valence-corrected chi connectivity index (χ2v) is 6.91. The molecule has 6 nitrogen and oxygen atoms in total. The molecule has 2 aromatic carbocycles. The molecule has 0 atom stereocenters. The Hall–Kier alpha value is -3.32. The van der Waals surface area contributed by atoms with E-state index >= 15 is 0 Å². The van der Waals surface area contributed by atoms with Crippen molar-refractivity contribution in [3.63, 3.8) is 0 Å². The minimum absolute atomic E-state index is 0.0504. The molecular formula is C20H15NO5S. The zero-order valence-electron chi connectivity index (χ0n) is 14.1. The number of nitrogens with one attached hydrogen (secondary N) is 1. The van der Waals surface area contributed by atoms with Gasteiger partial charge in [0.1, 0.15) is 13.2 Å². The van der Waals surface area contributed by atoms with Gasteiger partial charge in [-0.15, -0.1) is 11.3 Å². The van der Waals surface area contributed by atoms with Crippen molar-refractivity contribution in [2.45, 2.75) is 0 Å². The predicted molar refractivity (Wildman–Crippen MR) is 102 cm³/mol. The van der Waals surface area contributed by atoms with Crippen LogP contribution in [0.5, 0.6) is 11.5 Å². The van der Waals surface area contributed by atoms with Gasteiger partial charge in [-0.05, 0) is 48.0 Å². The number of fused-ring (bicyclic) bond motifs is 1. The van der Waals surface area contributed by atoms with Crippen LogP contribution < -0.4 is 14.8 Å². The van der Waals surface area contributed by atoms with Gasteiger partial charge in [0.05, 0.1) is 16.1 Å². The van der Waals surface area contributed by atoms with Crippen LogP contribution in [0.4, 0.5) is 5.69 Å². The van der Waals surface area contributed by atoms with Crippen LogP contribution in [0.25, 0.3) is 10.4 Å². The van der Waals surface area contributed by atoms with Gasteiger partial charge in [-0.1, -0.05) is 12.1 Å². The number of ether oxygens (including phenoxy) is 2. The molecule has 1 amide bonds. The van der Waals surface area contributed by atoms with Crippen molar-refractivity contribution in [1.82, 2.24) is 0 Å². The van der Waals surface area contributed by atoms with Crippen LogP contribution in [-0.2, 0) is 0 Å². The number of hydrogen-bond acceptors (Lipinski definition) is 5. The Bertz CT molecular complexity index is 1030. The van der Waals surface area contributed by atoms with Crippen LogP contribution in [0.1, 0.15) is 20.0 Å². The van der Waals surface area contributed by atoms with E-state index in [1.54, 1.807) is 24.3 Å². The number of hydrogen-bond donors (Lipinski definition) is 2. The molecule has 0 saturated heterocycles. The van der Waals surface area contributed by atoms with Gasteiger partial charge in [0.2, 0.25) is 0 Å². The van der Waals surface area contributed by atoms with Crippen molar-refractivity contribution in [2.75, 3.05) is 18.5 Å². The molecule has 1 aliphatic heterocycles. The lowest BCUT2D eigenvalue weighted by atomic mass is 10.1. The van der Waals surface area contributed by atoms with Crippen LogP contribution >= 0.6 is 11.3 Å². The Kier molecular flexibility index (Phi) is 4.52. The minimum Gasteiger partial charge on any atom is -0.486 e. The van der Waals surface area contributed by atoms with E-state index in [4.69, 9.17) is 9.47 Å². The highest BCUT2D eigenvalue weighted by Crippen LogP contribution is 2.37. The van der Waals surface area contributed by atoms with E-state index in [9.17, 15) is 14.7 Å². The van der Waals surface area contributed by atoms with Crippen LogP contribution in [0.3, 0.4) is 0 Å². The fraction of sp³-hybridized carbons (Fsp3) is 0.100. The summed E-state index contributed by atoms with van der Waals surface area (Å²) >= 11 is 1.32. The Morgan fingerprint density at radius 1 is 0.963 bits per heavy atom. The normalized spacial score (nSPS) is 12.4. The van der Waals surface area contributed by atoms with E-state index in [1.165, 1.54) is 17.4 Å². The number of aromatic carboxylic acids is 1. The number of benzene rings is 2. The van der Waals surface area contributed by atoms with Crippen molar-refractivity contribution in [1.29, 1.82) is 0 Å². The molecule has 0 radical (unpaired) electrons. The van der Waals surface area contributed by atoms with E-state index in [0.29, 0.717) is 29.6 Å². The summed E-state index contributed by atoms with van der Waals surface area (Å²) in [6, 6.07) is 15.5. The minimum atomic E-state index is -1.09. The lowest BCUT2D eigenvalue weighted by Crippen LogP contribution is -2.15. The highest BCUT2D eigenvalue weighted by Gasteiger charge is 2.17. The Morgan fingerprint density at radius 2 is 1.74 bits per heavy atom. The molecule has 0 bridgehead atoms. The molecule has 0 fully saturated rings. The van der Waals surface area contributed by atoms with Crippen molar-refractivity contribution < 1.29 is 24.2 Å². The Labute approximate surface area is 159 Å². The molecule has 0 aliphatic carbocycles. The number of para-hydroxylation sites is 1. The van der Waals surface area contributed by atoms with Crippen molar-refractivity contribution in [3.8, 4) is 21.9 Å². The van der Waals surface area contributed by atoms with Crippen molar-refractivity contribution >= 4 is 28.9 Å². The van der Waals surface area contributed by atoms with Gasteiger partial charge in [-0.3, -0.25) is 4.79 Å². The summed E-state index contributed by atoms with van der Waals surface area (Å²) in [6.45, 7) is 1.05. The van der Waals surface area contributed by atoms with Crippen LogP contribution in [0, 0.1) is 0 Å². The number of thiophene rings is 1. The lowest BCUT2D eigenvalue weighted by Gasteiger charge is -2.18. The molecule has 3 aromatic rings. The van der Waals surface area contributed by atoms with Crippen LogP contribution in [0.2, 0.25) is 0 Å². The second kappa shape index (κ2) is 7.13. The first kappa shape index (κ1) is 17.1. The quantitative estimate of drug-likeness (QED) is 0.710. The average Bonchev–Trinajstić information content (AvgIpc) is 3.18. The van der Waals surface area contributed by atoms with Gasteiger partial charge >= 0.3 is 5.97 Å². The molecular weight excluding hydrogens is 366 g/mol. The number of amides is 1. The number of anilines is 1. The van der Waals surface area contributed by atoms with E-state index in [2.05, 4.69) is 5.32 Å². The summed E-state index contributed by atoms with van der Waals surface area (Å²) in [7, 11) is 0. The molecule has 0 saturated carbocycles. The smallest absolute Gasteiger partial charge is 0.337 e. The topological polar surface area (TPSA) is 84.9 Å². The largest absolute Gasteiger partial charge is 0.486 e. The van der Waals surface area contributed by atoms with Gasteiger partial charge < -0.3 is 19.9 Å². The molecule has 2 N–H and O–H groups in total. The van der Waals surface area contributed by atoms with Crippen molar-refractivity contribution in [2.24, 2.45) is 0 Å². The van der Waals surface area contributed by atoms with E-state index < -0.39 is 5.97 Å². The molecule has 1 aliphatic rings. The first-order chi connectivity index (χ1) is 13.1. The van der Waals surface area contributed by atoms with E-state index in [1.807, 2.05) is 24.3 Å². The Morgan fingerprint density at radius 3 is 2.56 bits per heavy atom. The first-order valence-electron chi connectivity index (χ1n) is 8.25. The number of carboxylic acid groups (broad SMARTS) is 1. The first-order valence-corrected chi connectivity index (χ1v) is 9.07. The number of rotatable bonds is 4. The summed E-state index contributed by atoms with van der Waals surface area (Å²) < 4.78 is 11.1. The Balaban J connectivity index is 1.56. The van der Waals surface area contributed by atoms with Gasteiger partial charge in [0, 0.05) is 4.88 Å². The van der Waals surface area contributed by atoms with E-state index in [0.717, 1.165) is 10.4 Å². The number of carbonyl (C=O) groups excluding carboxylic acids is 1. The standard InChI is InChI=1S/C20H15NO5S/c22-19(21-14-4-2-1-3-13(14)20(23)24)18-8-7-17(27-18)12-5-6-15-16(11-12)26-10-9-25-15/h1-8,11H,9-10H2,(H,21,22)(H,23,24). The second-order valence-electron chi connectivity index (χ2n) is 5.83. The molecule has 2 heterocycles. The third-order valence-electron chi connectivity index (χ3n) is 4.06. The molecule has 4 rings (SSSR count). The highest BCUT2D eigenvalue weighted by molar-refractivity contribution is 7.17. The maximum absolute atomic E-state index is 12.5. The third-order valence-corrected chi connectivity index (χ3v) is 5.20. The van der Waals surface area contributed by atoms with Crippen LogP contribution in [0.15, 0.2) is 54.6 Å². The molecule has 27 heavy (non-hydrogen) atoms. The number of carbonyl (C=O) groups is 2. The molecule has 0 spiro atoms. The fourth-order valence-corrected chi connectivity index (χ4v) is 3.67. The van der Waals surface area contributed by atoms with Gasteiger partial charge in [-0.2, -0.15) is 0 Å². The zero-order chi connectivity index (χ0) is 18.8. The maximum atomic E-state index is 12.5. The molecule has 1 aromatic heterocycles. The summed E-state index contributed by atoms with van der Waals surface area (Å²) in [5.41, 5.74) is 1.24. The highest BCUT2D eigenvalue weighted by atomic mass is 32.1. The van der Waals surface area contributed by atoms with Crippen LogP contribution in [-0.4, -0.2) is 30.2 Å². The average molecular weight is 381 g/mol. The fourth-order valence-electron chi connectivity index (χ4n) is 2.77. The summed E-state index contributed by atoms with van der Waals surface area (Å²) in [5, 5.41) is 11.9. The number of carboxylic acids is 1. The SMILES string of the molecule is O=C(Nc1ccccc1C(=O)O)c1ccc(-c2ccc3c(c2)OCCO3)s1.